The summed E-state index contributed by atoms with van der Waals surface area (Å²) < 4.78 is 1.95. The molecule has 0 spiro atoms. The molecule has 0 bridgehead atoms. The van der Waals surface area contributed by atoms with Gasteiger partial charge in [0, 0.05) is 42.3 Å². The first kappa shape index (κ1) is 13.8. The number of amides is 1. The summed E-state index contributed by atoms with van der Waals surface area (Å²) in [6.07, 6.45) is 7.29. The predicted octanol–water partition coefficient (Wildman–Crippen LogP) is 2.72. The summed E-state index contributed by atoms with van der Waals surface area (Å²) in [6, 6.07) is 8.16. The predicted molar refractivity (Wildman–Crippen MR) is 89.9 cm³/mol. The molecular weight excluding hydrogens is 302 g/mol. The number of rotatable bonds is 3. The van der Waals surface area contributed by atoms with Crippen molar-refractivity contribution >= 4 is 16.8 Å². The number of nitrogens with zero attached hydrogens (tertiary/aromatic N) is 4. The normalized spacial score (nSPS) is 20.8. The Kier molecular flexibility index (Phi) is 2.98. The van der Waals surface area contributed by atoms with Gasteiger partial charge in [0.1, 0.15) is 0 Å². The van der Waals surface area contributed by atoms with Gasteiger partial charge in [-0.3, -0.25) is 4.79 Å². The van der Waals surface area contributed by atoms with Crippen LogP contribution in [0.2, 0.25) is 0 Å². The molecule has 1 amide bonds. The van der Waals surface area contributed by atoms with Crippen molar-refractivity contribution in [2.24, 2.45) is 0 Å². The standard InChI is InChI=1S/C18H19N5O/c24-18(15-9-19-16-4-2-1-3-14(15)16)22-8-7-13(10-22)23-11-17(20-21-23)12-5-6-12/h1-4,9,11-13,19H,5-8,10H2/t13-/m1/s1. The summed E-state index contributed by atoms with van der Waals surface area (Å²) >= 11 is 0. The maximum Gasteiger partial charge on any atom is 0.256 e. The number of H-pyrrole nitrogens is 1. The van der Waals surface area contributed by atoms with Gasteiger partial charge in [0.25, 0.3) is 5.91 Å². The van der Waals surface area contributed by atoms with Crippen LogP contribution in [0.5, 0.6) is 0 Å². The van der Waals surface area contributed by atoms with E-state index in [0.29, 0.717) is 12.5 Å². The van der Waals surface area contributed by atoms with Crippen LogP contribution in [0.15, 0.2) is 36.7 Å². The van der Waals surface area contributed by atoms with Crippen LogP contribution in [0.1, 0.15) is 47.3 Å². The maximum atomic E-state index is 12.9. The van der Waals surface area contributed by atoms with E-state index in [2.05, 4.69) is 21.5 Å². The first-order valence-electron chi connectivity index (χ1n) is 8.57. The van der Waals surface area contributed by atoms with Gasteiger partial charge < -0.3 is 9.88 Å². The molecule has 0 radical (unpaired) electrons. The summed E-state index contributed by atoms with van der Waals surface area (Å²) in [5.74, 6) is 0.710. The zero-order valence-electron chi connectivity index (χ0n) is 13.4. The summed E-state index contributed by atoms with van der Waals surface area (Å²) in [5.41, 5.74) is 2.86. The second-order valence-electron chi connectivity index (χ2n) is 6.84. The molecule has 1 atom stereocenters. The van der Waals surface area contributed by atoms with Crippen LogP contribution in [-0.4, -0.2) is 43.9 Å². The fourth-order valence-corrected chi connectivity index (χ4v) is 3.60. The minimum atomic E-state index is 0.0949. The van der Waals surface area contributed by atoms with Gasteiger partial charge in [-0.25, -0.2) is 4.68 Å². The van der Waals surface area contributed by atoms with Crippen LogP contribution in [0, 0.1) is 0 Å². The molecule has 2 aromatic heterocycles. The zero-order chi connectivity index (χ0) is 16.1. The van der Waals surface area contributed by atoms with Gasteiger partial charge in [-0.15, -0.1) is 5.10 Å². The fraction of sp³-hybridized carbons (Fsp3) is 0.389. The summed E-state index contributed by atoms with van der Waals surface area (Å²) in [5, 5.41) is 9.57. The van der Waals surface area contributed by atoms with E-state index >= 15 is 0 Å². The Morgan fingerprint density at radius 1 is 1.21 bits per heavy atom. The van der Waals surface area contributed by atoms with Crippen LogP contribution in [0.3, 0.4) is 0 Å². The van der Waals surface area contributed by atoms with Crippen molar-refractivity contribution < 1.29 is 4.79 Å². The average molecular weight is 321 g/mol. The van der Waals surface area contributed by atoms with Crippen LogP contribution in [0.25, 0.3) is 10.9 Å². The third-order valence-electron chi connectivity index (χ3n) is 5.17. The maximum absolute atomic E-state index is 12.9. The third-order valence-corrected chi connectivity index (χ3v) is 5.17. The van der Waals surface area contributed by atoms with E-state index in [1.165, 1.54) is 12.8 Å². The van der Waals surface area contributed by atoms with Gasteiger partial charge in [0.15, 0.2) is 0 Å². The van der Waals surface area contributed by atoms with E-state index in [4.69, 9.17) is 0 Å². The topological polar surface area (TPSA) is 66.8 Å². The van der Waals surface area contributed by atoms with Crippen molar-refractivity contribution in [3.05, 3.63) is 47.9 Å². The molecule has 5 rings (SSSR count). The molecule has 3 heterocycles. The van der Waals surface area contributed by atoms with Crippen molar-refractivity contribution in [2.45, 2.75) is 31.2 Å². The van der Waals surface area contributed by atoms with Gasteiger partial charge >= 0.3 is 0 Å². The molecule has 1 aliphatic heterocycles. The van der Waals surface area contributed by atoms with E-state index in [1.54, 1.807) is 0 Å². The molecule has 1 aromatic carbocycles. The van der Waals surface area contributed by atoms with Gasteiger partial charge in [-0.1, -0.05) is 23.4 Å². The van der Waals surface area contributed by atoms with Crippen LogP contribution in [0.4, 0.5) is 0 Å². The lowest BCUT2D eigenvalue weighted by Crippen LogP contribution is -2.29. The monoisotopic (exact) mass is 321 g/mol. The van der Waals surface area contributed by atoms with Crippen LogP contribution >= 0.6 is 0 Å². The van der Waals surface area contributed by atoms with Crippen molar-refractivity contribution in [3.63, 3.8) is 0 Å². The number of benzene rings is 1. The molecule has 6 nitrogen and oxygen atoms in total. The number of nitrogens with one attached hydrogen (secondary N) is 1. The first-order chi connectivity index (χ1) is 11.8. The molecule has 1 saturated carbocycles. The first-order valence-corrected chi connectivity index (χ1v) is 8.57. The van der Waals surface area contributed by atoms with E-state index < -0.39 is 0 Å². The van der Waals surface area contributed by atoms with Gasteiger partial charge in [-0.2, -0.15) is 0 Å². The molecular formula is C18H19N5O. The van der Waals surface area contributed by atoms with Gasteiger partial charge in [-0.05, 0) is 25.3 Å². The fourth-order valence-electron chi connectivity index (χ4n) is 3.60. The average Bonchev–Trinajstić information content (AvgIpc) is 3.07. The highest BCUT2D eigenvalue weighted by Gasteiger charge is 2.32. The Bertz CT molecular complexity index is 907. The molecule has 1 saturated heterocycles. The highest BCUT2D eigenvalue weighted by Crippen LogP contribution is 2.39. The molecule has 2 aliphatic rings. The van der Waals surface area contributed by atoms with Gasteiger partial charge in [0.05, 0.1) is 17.3 Å². The lowest BCUT2D eigenvalue weighted by atomic mass is 10.1. The SMILES string of the molecule is O=C(c1c[nH]c2ccccc12)N1CC[C@@H](n2cc(C3CC3)nn2)C1. The number of carbonyl (C=O) groups excluding carboxylic acids is 1. The molecule has 122 valence electrons. The van der Waals surface area contributed by atoms with Crippen molar-refractivity contribution in [3.8, 4) is 0 Å². The molecule has 1 N–H and O–H groups in total. The summed E-state index contributed by atoms with van der Waals surface area (Å²) in [7, 11) is 0. The lowest BCUT2D eigenvalue weighted by molar-refractivity contribution is 0.0789. The molecule has 0 unspecified atom stereocenters. The molecule has 1 aliphatic carbocycles. The minimum absolute atomic E-state index is 0.0949. The zero-order valence-corrected chi connectivity index (χ0v) is 13.4. The Hall–Kier alpha value is -2.63. The summed E-state index contributed by atoms with van der Waals surface area (Å²) in [4.78, 5) is 18.0. The Balaban J connectivity index is 1.35. The Morgan fingerprint density at radius 3 is 2.96 bits per heavy atom. The van der Waals surface area contributed by atoms with Crippen LogP contribution < -0.4 is 0 Å². The van der Waals surface area contributed by atoms with Crippen molar-refractivity contribution in [1.82, 2.24) is 24.9 Å². The van der Waals surface area contributed by atoms with Crippen molar-refractivity contribution in [2.75, 3.05) is 13.1 Å². The number of para-hydroxylation sites is 1. The second-order valence-corrected chi connectivity index (χ2v) is 6.84. The van der Waals surface area contributed by atoms with E-state index in [0.717, 1.165) is 35.1 Å². The number of likely N-dealkylation sites (tertiary alicyclic amines) is 1. The molecule has 6 heteroatoms. The number of hydrogen-bond acceptors (Lipinski definition) is 3. The lowest BCUT2D eigenvalue weighted by Gasteiger charge is -2.16. The molecule has 2 fully saturated rings. The number of fused-ring (bicyclic) bond motifs is 1. The highest BCUT2D eigenvalue weighted by molar-refractivity contribution is 6.06. The Morgan fingerprint density at radius 2 is 2.08 bits per heavy atom. The van der Waals surface area contributed by atoms with E-state index in [9.17, 15) is 4.79 Å². The number of aromatic amines is 1. The molecule has 3 aromatic rings. The van der Waals surface area contributed by atoms with E-state index in [1.807, 2.05) is 40.0 Å². The molecule has 24 heavy (non-hydrogen) atoms. The van der Waals surface area contributed by atoms with Crippen LogP contribution in [-0.2, 0) is 0 Å². The second kappa shape index (κ2) is 5.19. The largest absolute Gasteiger partial charge is 0.360 e. The highest BCUT2D eigenvalue weighted by atomic mass is 16.2. The minimum Gasteiger partial charge on any atom is -0.360 e. The summed E-state index contributed by atoms with van der Waals surface area (Å²) in [6.45, 7) is 1.47. The van der Waals surface area contributed by atoms with E-state index in [-0.39, 0.29) is 11.9 Å². The smallest absolute Gasteiger partial charge is 0.256 e. The number of aromatic nitrogens is 4. The Labute approximate surface area is 139 Å². The quantitative estimate of drug-likeness (QED) is 0.806. The number of hydrogen-bond donors (Lipinski definition) is 1. The third kappa shape index (κ3) is 2.21. The number of carbonyl (C=O) groups is 1. The van der Waals surface area contributed by atoms with Crippen molar-refractivity contribution in [1.29, 1.82) is 0 Å². The van der Waals surface area contributed by atoms with Gasteiger partial charge in [0.2, 0.25) is 0 Å².